The quantitative estimate of drug-likeness (QED) is 0.595. The number of rotatable bonds is 3. The molecule has 0 atom stereocenters. The molecule has 2 heterocycles. The molecule has 0 bridgehead atoms. The van der Waals surface area contributed by atoms with Gasteiger partial charge in [-0.25, -0.2) is 8.42 Å². The summed E-state index contributed by atoms with van der Waals surface area (Å²) in [6.07, 6.45) is 2.86. The van der Waals surface area contributed by atoms with Gasteiger partial charge in [-0.3, -0.25) is 10.1 Å². The Labute approximate surface area is 137 Å². The van der Waals surface area contributed by atoms with E-state index in [0.717, 1.165) is 22.3 Å². The Morgan fingerprint density at radius 2 is 1.96 bits per heavy atom. The van der Waals surface area contributed by atoms with Gasteiger partial charge in [-0.15, -0.1) is 5.10 Å². The first kappa shape index (κ1) is 14.6. The highest BCUT2D eigenvalue weighted by molar-refractivity contribution is 7.90. The number of fused-ring (bicyclic) bond motifs is 2. The maximum atomic E-state index is 11.8. The van der Waals surface area contributed by atoms with Crippen molar-refractivity contribution in [2.24, 2.45) is 0 Å². The Kier molecular flexibility index (Phi) is 3.20. The number of benzene rings is 2. The molecular weight excluding hydrogens is 326 g/mol. The first-order valence-electron chi connectivity index (χ1n) is 7.18. The molecule has 8 heteroatoms. The van der Waals surface area contributed by atoms with Crippen LogP contribution in [0.15, 0.2) is 53.6 Å². The van der Waals surface area contributed by atoms with Crippen molar-refractivity contribution < 1.29 is 8.42 Å². The van der Waals surface area contributed by atoms with Crippen LogP contribution in [-0.2, 0) is 9.84 Å². The normalized spacial score (nSPS) is 11.9. The summed E-state index contributed by atoms with van der Waals surface area (Å²) in [6, 6.07) is 12.3. The molecule has 0 unspecified atom stereocenters. The van der Waals surface area contributed by atoms with Crippen LogP contribution >= 0.6 is 0 Å². The van der Waals surface area contributed by atoms with Gasteiger partial charge in [0.15, 0.2) is 9.84 Å². The standard InChI is InChI=1S/C16H13N5O2S/c1-24(22,23)10-5-6-12-11(9-10)13(7-8-17-12)18-14-3-2-4-15-16(14)20-21-19-15/h2-9H,1H3,(H,17,18)(H,19,20,21). The second kappa shape index (κ2) is 5.27. The Morgan fingerprint density at radius 1 is 1.08 bits per heavy atom. The van der Waals surface area contributed by atoms with Crippen LogP contribution in [0, 0.1) is 0 Å². The monoisotopic (exact) mass is 339 g/mol. The number of aromatic amines is 1. The third-order valence-electron chi connectivity index (χ3n) is 3.77. The summed E-state index contributed by atoms with van der Waals surface area (Å²) in [5.74, 6) is 0. The van der Waals surface area contributed by atoms with Gasteiger partial charge in [-0.2, -0.15) is 0 Å². The summed E-state index contributed by atoms with van der Waals surface area (Å²) < 4.78 is 23.6. The molecule has 0 saturated carbocycles. The van der Waals surface area contributed by atoms with Crippen LogP contribution in [-0.4, -0.2) is 35.1 Å². The predicted octanol–water partition coefficient (Wildman–Crippen LogP) is 2.65. The van der Waals surface area contributed by atoms with E-state index in [-0.39, 0.29) is 4.90 Å². The van der Waals surface area contributed by atoms with Crippen molar-refractivity contribution in [3.05, 3.63) is 48.7 Å². The molecule has 0 aliphatic rings. The minimum absolute atomic E-state index is 0.255. The smallest absolute Gasteiger partial charge is 0.175 e. The number of H-pyrrole nitrogens is 1. The van der Waals surface area contributed by atoms with Crippen molar-refractivity contribution >= 4 is 43.1 Å². The van der Waals surface area contributed by atoms with Gasteiger partial charge >= 0.3 is 0 Å². The summed E-state index contributed by atoms with van der Waals surface area (Å²) in [7, 11) is -3.29. The average molecular weight is 339 g/mol. The van der Waals surface area contributed by atoms with E-state index in [1.54, 1.807) is 30.5 Å². The first-order chi connectivity index (χ1) is 11.5. The summed E-state index contributed by atoms with van der Waals surface area (Å²) in [4.78, 5) is 4.55. The van der Waals surface area contributed by atoms with E-state index in [0.29, 0.717) is 11.0 Å². The van der Waals surface area contributed by atoms with E-state index in [1.165, 1.54) is 6.26 Å². The van der Waals surface area contributed by atoms with Crippen LogP contribution in [0.1, 0.15) is 0 Å². The minimum atomic E-state index is -3.29. The van der Waals surface area contributed by atoms with Gasteiger partial charge in [0.1, 0.15) is 5.52 Å². The van der Waals surface area contributed by atoms with Crippen molar-refractivity contribution in [1.29, 1.82) is 0 Å². The lowest BCUT2D eigenvalue weighted by Crippen LogP contribution is -1.98. The fourth-order valence-corrected chi connectivity index (χ4v) is 3.23. The van der Waals surface area contributed by atoms with Gasteiger partial charge in [-0.05, 0) is 36.4 Å². The first-order valence-corrected chi connectivity index (χ1v) is 9.07. The van der Waals surface area contributed by atoms with Crippen LogP contribution in [0.2, 0.25) is 0 Å². The third-order valence-corrected chi connectivity index (χ3v) is 4.88. The lowest BCUT2D eigenvalue weighted by Gasteiger charge is -2.10. The largest absolute Gasteiger partial charge is 0.353 e. The molecule has 0 aliphatic carbocycles. The van der Waals surface area contributed by atoms with Crippen molar-refractivity contribution in [3.8, 4) is 0 Å². The molecular formula is C16H13N5O2S. The van der Waals surface area contributed by atoms with Crippen molar-refractivity contribution in [3.63, 3.8) is 0 Å². The second-order valence-electron chi connectivity index (χ2n) is 5.45. The molecule has 2 aromatic carbocycles. The topological polar surface area (TPSA) is 101 Å². The number of sulfone groups is 1. The Morgan fingerprint density at radius 3 is 2.79 bits per heavy atom. The molecule has 4 rings (SSSR count). The number of hydrogen-bond acceptors (Lipinski definition) is 6. The maximum absolute atomic E-state index is 11.8. The highest BCUT2D eigenvalue weighted by Gasteiger charge is 2.11. The number of nitrogens with one attached hydrogen (secondary N) is 2. The SMILES string of the molecule is CS(=O)(=O)c1ccc2nccc(Nc3cccc4[nH]nnc34)c2c1. The van der Waals surface area contributed by atoms with Gasteiger partial charge in [0.25, 0.3) is 0 Å². The van der Waals surface area contributed by atoms with Gasteiger partial charge < -0.3 is 5.32 Å². The zero-order valence-electron chi connectivity index (χ0n) is 12.7. The van der Waals surface area contributed by atoms with Gasteiger partial charge in [0.05, 0.1) is 21.6 Å². The van der Waals surface area contributed by atoms with Crippen LogP contribution in [0.3, 0.4) is 0 Å². The molecule has 2 N–H and O–H groups in total. The maximum Gasteiger partial charge on any atom is 0.175 e. The van der Waals surface area contributed by atoms with Gasteiger partial charge in [-0.1, -0.05) is 11.3 Å². The lowest BCUT2D eigenvalue weighted by atomic mass is 10.1. The second-order valence-corrected chi connectivity index (χ2v) is 7.46. The highest BCUT2D eigenvalue weighted by Crippen LogP contribution is 2.29. The average Bonchev–Trinajstić information content (AvgIpc) is 3.03. The number of aromatic nitrogens is 4. The molecule has 24 heavy (non-hydrogen) atoms. The molecule has 0 radical (unpaired) electrons. The molecule has 120 valence electrons. The van der Waals surface area contributed by atoms with E-state index in [9.17, 15) is 8.42 Å². The molecule has 4 aromatic rings. The van der Waals surface area contributed by atoms with Gasteiger partial charge in [0.2, 0.25) is 0 Å². The molecule has 0 spiro atoms. The molecule has 0 aliphatic heterocycles. The Hall–Kier alpha value is -3.00. The van der Waals surface area contributed by atoms with E-state index < -0.39 is 9.84 Å². The molecule has 0 fully saturated rings. The zero-order chi connectivity index (χ0) is 16.7. The van der Waals surface area contributed by atoms with Crippen LogP contribution < -0.4 is 5.32 Å². The van der Waals surface area contributed by atoms with Crippen molar-refractivity contribution in [2.75, 3.05) is 11.6 Å². The number of anilines is 2. The van der Waals surface area contributed by atoms with Crippen LogP contribution in [0.25, 0.3) is 21.9 Å². The van der Waals surface area contributed by atoms with E-state index in [1.807, 2.05) is 18.2 Å². The van der Waals surface area contributed by atoms with Crippen molar-refractivity contribution in [1.82, 2.24) is 20.4 Å². The van der Waals surface area contributed by atoms with Crippen LogP contribution in [0.4, 0.5) is 11.4 Å². The van der Waals surface area contributed by atoms with Gasteiger partial charge in [0, 0.05) is 23.5 Å². The summed E-state index contributed by atoms with van der Waals surface area (Å²) in [5, 5.41) is 14.7. The molecule has 0 amide bonds. The molecule has 7 nitrogen and oxygen atoms in total. The minimum Gasteiger partial charge on any atom is -0.353 e. The van der Waals surface area contributed by atoms with E-state index in [2.05, 4.69) is 25.7 Å². The summed E-state index contributed by atoms with van der Waals surface area (Å²) in [6.45, 7) is 0. The summed E-state index contributed by atoms with van der Waals surface area (Å²) >= 11 is 0. The molecule has 2 aromatic heterocycles. The Bertz CT molecular complexity index is 1170. The fraction of sp³-hybridized carbons (Fsp3) is 0.0625. The van der Waals surface area contributed by atoms with Crippen molar-refractivity contribution in [2.45, 2.75) is 4.90 Å². The lowest BCUT2D eigenvalue weighted by molar-refractivity contribution is 0.602. The van der Waals surface area contributed by atoms with E-state index in [4.69, 9.17) is 0 Å². The fourth-order valence-electron chi connectivity index (χ4n) is 2.58. The van der Waals surface area contributed by atoms with E-state index >= 15 is 0 Å². The number of pyridine rings is 1. The zero-order valence-corrected chi connectivity index (χ0v) is 13.5. The highest BCUT2D eigenvalue weighted by atomic mass is 32.2. The summed E-state index contributed by atoms with van der Waals surface area (Å²) in [5.41, 5.74) is 3.76. The molecule has 0 saturated heterocycles. The number of nitrogens with zero attached hydrogens (tertiary/aromatic N) is 3. The third kappa shape index (κ3) is 2.46. The Balaban J connectivity index is 1.88. The number of hydrogen-bond donors (Lipinski definition) is 2. The van der Waals surface area contributed by atoms with Crippen LogP contribution in [0.5, 0.6) is 0 Å². The predicted molar refractivity (Wildman–Crippen MR) is 92.0 cm³/mol.